The van der Waals surface area contributed by atoms with Crippen LogP contribution < -0.4 is 5.73 Å². The van der Waals surface area contributed by atoms with Crippen molar-refractivity contribution >= 4 is 17.5 Å². The van der Waals surface area contributed by atoms with Crippen molar-refractivity contribution in [3.05, 3.63) is 34.9 Å². The Morgan fingerprint density at radius 2 is 2.21 bits per heavy atom. The van der Waals surface area contributed by atoms with Crippen molar-refractivity contribution < 1.29 is 4.79 Å². The third kappa shape index (κ3) is 1.29. The fourth-order valence-electron chi connectivity index (χ4n) is 1.79. The van der Waals surface area contributed by atoms with E-state index in [4.69, 9.17) is 17.3 Å². The van der Waals surface area contributed by atoms with Gasteiger partial charge in [-0.15, -0.1) is 0 Å². The van der Waals surface area contributed by atoms with E-state index in [2.05, 4.69) is 0 Å². The Balaban J connectivity index is 2.28. The fraction of sp³-hybridized carbons (Fsp3) is 0.300. The summed E-state index contributed by atoms with van der Waals surface area (Å²) in [5.41, 5.74) is 6.70. The maximum Gasteiger partial charge on any atom is 0.242 e. The van der Waals surface area contributed by atoms with Crippen LogP contribution in [0.4, 0.5) is 0 Å². The highest BCUT2D eigenvalue weighted by molar-refractivity contribution is 6.30. The van der Waals surface area contributed by atoms with E-state index in [1.54, 1.807) is 18.0 Å². The number of benzene rings is 1. The van der Waals surface area contributed by atoms with Crippen molar-refractivity contribution in [3.8, 4) is 0 Å². The summed E-state index contributed by atoms with van der Waals surface area (Å²) in [5.74, 6) is -0.0185. The summed E-state index contributed by atoms with van der Waals surface area (Å²) in [6, 6.07) is 6.99. The lowest BCUT2D eigenvalue weighted by atomic mass is 9.90. The number of hydrogen-bond acceptors (Lipinski definition) is 2. The molecule has 2 atom stereocenters. The van der Waals surface area contributed by atoms with E-state index in [0.29, 0.717) is 5.02 Å². The molecular formula is C10H11ClN2O. The van der Waals surface area contributed by atoms with E-state index in [1.807, 2.05) is 18.2 Å². The lowest BCUT2D eigenvalue weighted by molar-refractivity contribution is -0.147. The molecule has 1 saturated heterocycles. The highest BCUT2D eigenvalue weighted by Crippen LogP contribution is 2.32. The van der Waals surface area contributed by atoms with Gasteiger partial charge in [-0.2, -0.15) is 0 Å². The van der Waals surface area contributed by atoms with Gasteiger partial charge >= 0.3 is 0 Å². The van der Waals surface area contributed by atoms with Crippen LogP contribution in [0.3, 0.4) is 0 Å². The van der Waals surface area contributed by atoms with Crippen molar-refractivity contribution in [1.82, 2.24) is 4.90 Å². The maximum atomic E-state index is 11.2. The molecule has 1 fully saturated rings. The predicted octanol–water partition coefficient (Wildman–Crippen LogP) is 1.18. The average molecular weight is 211 g/mol. The summed E-state index contributed by atoms with van der Waals surface area (Å²) >= 11 is 5.86. The summed E-state index contributed by atoms with van der Waals surface area (Å²) in [4.78, 5) is 12.8. The first kappa shape index (κ1) is 9.49. The van der Waals surface area contributed by atoms with Crippen LogP contribution in [0, 0.1) is 0 Å². The Morgan fingerprint density at radius 3 is 2.79 bits per heavy atom. The van der Waals surface area contributed by atoms with Crippen LogP contribution >= 0.6 is 11.6 Å². The first-order valence-electron chi connectivity index (χ1n) is 4.39. The number of β-lactam (4-membered cyclic amide) rings is 1. The molecule has 1 aromatic carbocycles. The number of carbonyl (C=O) groups is 1. The van der Waals surface area contributed by atoms with Crippen LogP contribution in [-0.2, 0) is 4.79 Å². The SMILES string of the molecule is CN1C(=O)[C@H](N)[C@H]1c1cccc(Cl)c1. The summed E-state index contributed by atoms with van der Waals surface area (Å²) in [6.45, 7) is 0. The van der Waals surface area contributed by atoms with E-state index in [1.165, 1.54) is 0 Å². The van der Waals surface area contributed by atoms with E-state index < -0.39 is 6.04 Å². The number of nitrogens with two attached hydrogens (primary N) is 1. The number of likely N-dealkylation sites (N-methyl/N-ethyl adjacent to an activating group) is 1. The molecule has 1 heterocycles. The van der Waals surface area contributed by atoms with Gasteiger partial charge in [-0.3, -0.25) is 4.79 Å². The second-order valence-corrected chi connectivity index (χ2v) is 3.91. The Bertz CT molecular complexity index is 368. The Hall–Kier alpha value is -1.06. The van der Waals surface area contributed by atoms with E-state index in [-0.39, 0.29) is 11.9 Å². The monoisotopic (exact) mass is 210 g/mol. The topological polar surface area (TPSA) is 46.3 Å². The standard InChI is InChI=1S/C10H11ClN2O/c1-13-9(8(12)10(13)14)6-3-2-4-7(11)5-6/h2-5,8-9H,12H2,1H3/t8-,9-/m1/s1. The van der Waals surface area contributed by atoms with E-state index in [9.17, 15) is 4.79 Å². The number of halogens is 1. The number of rotatable bonds is 1. The normalized spacial score (nSPS) is 26.2. The van der Waals surface area contributed by atoms with Crippen LogP contribution in [-0.4, -0.2) is 23.9 Å². The van der Waals surface area contributed by atoms with Gasteiger partial charge in [0.15, 0.2) is 0 Å². The van der Waals surface area contributed by atoms with Gasteiger partial charge in [0, 0.05) is 12.1 Å². The number of carbonyl (C=O) groups excluding carboxylic acids is 1. The molecule has 0 saturated carbocycles. The molecule has 0 aromatic heterocycles. The molecule has 14 heavy (non-hydrogen) atoms. The van der Waals surface area contributed by atoms with Crippen molar-refractivity contribution in [2.24, 2.45) is 5.73 Å². The number of hydrogen-bond donors (Lipinski definition) is 1. The molecule has 0 unspecified atom stereocenters. The molecule has 1 aliphatic rings. The molecule has 1 aromatic rings. The van der Waals surface area contributed by atoms with Gasteiger partial charge in [0.25, 0.3) is 0 Å². The highest BCUT2D eigenvalue weighted by atomic mass is 35.5. The zero-order valence-electron chi connectivity index (χ0n) is 7.77. The lowest BCUT2D eigenvalue weighted by Gasteiger charge is -2.43. The van der Waals surface area contributed by atoms with Gasteiger partial charge < -0.3 is 10.6 Å². The molecule has 4 heteroatoms. The third-order valence-electron chi connectivity index (χ3n) is 2.58. The summed E-state index contributed by atoms with van der Waals surface area (Å²) in [6.07, 6.45) is 0. The summed E-state index contributed by atoms with van der Waals surface area (Å²) in [5, 5.41) is 0.669. The van der Waals surface area contributed by atoms with Crippen LogP contribution in [0.15, 0.2) is 24.3 Å². The summed E-state index contributed by atoms with van der Waals surface area (Å²) < 4.78 is 0. The van der Waals surface area contributed by atoms with Crippen LogP contribution in [0.25, 0.3) is 0 Å². The number of nitrogens with zero attached hydrogens (tertiary/aromatic N) is 1. The predicted molar refractivity (Wildman–Crippen MR) is 54.9 cm³/mol. The van der Waals surface area contributed by atoms with Gasteiger partial charge in [0.2, 0.25) is 5.91 Å². The molecule has 0 aliphatic carbocycles. The van der Waals surface area contributed by atoms with Gasteiger partial charge in [-0.25, -0.2) is 0 Å². The zero-order valence-corrected chi connectivity index (χ0v) is 8.53. The van der Waals surface area contributed by atoms with Gasteiger partial charge in [0.1, 0.15) is 6.04 Å². The van der Waals surface area contributed by atoms with Gasteiger partial charge in [-0.1, -0.05) is 23.7 Å². The van der Waals surface area contributed by atoms with Crippen molar-refractivity contribution in [1.29, 1.82) is 0 Å². The van der Waals surface area contributed by atoms with Crippen LogP contribution in [0.1, 0.15) is 11.6 Å². The molecule has 3 nitrogen and oxygen atoms in total. The van der Waals surface area contributed by atoms with Gasteiger partial charge in [0.05, 0.1) is 6.04 Å². The average Bonchev–Trinajstić information content (AvgIpc) is 2.18. The fourth-order valence-corrected chi connectivity index (χ4v) is 1.99. The molecule has 0 spiro atoms. The molecule has 2 rings (SSSR count). The second-order valence-electron chi connectivity index (χ2n) is 3.47. The Kier molecular flexibility index (Phi) is 2.21. The summed E-state index contributed by atoms with van der Waals surface area (Å²) in [7, 11) is 1.75. The number of likely N-dealkylation sites (tertiary alicyclic amines) is 1. The third-order valence-corrected chi connectivity index (χ3v) is 2.82. The highest BCUT2D eigenvalue weighted by Gasteiger charge is 2.43. The molecule has 74 valence electrons. The van der Waals surface area contributed by atoms with Crippen LogP contribution in [0.2, 0.25) is 5.02 Å². The quantitative estimate of drug-likeness (QED) is 0.708. The Labute approximate surface area is 87.4 Å². The van der Waals surface area contributed by atoms with Crippen molar-refractivity contribution in [2.75, 3.05) is 7.05 Å². The smallest absolute Gasteiger partial charge is 0.242 e. The molecule has 0 radical (unpaired) electrons. The maximum absolute atomic E-state index is 11.2. The first-order chi connectivity index (χ1) is 6.61. The first-order valence-corrected chi connectivity index (χ1v) is 4.77. The molecule has 0 bridgehead atoms. The minimum Gasteiger partial charge on any atom is -0.335 e. The van der Waals surface area contributed by atoms with Crippen molar-refractivity contribution in [3.63, 3.8) is 0 Å². The van der Waals surface area contributed by atoms with E-state index >= 15 is 0 Å². The minimum absolute atomic E-state index is 0.0185. The van der Waals surface area contributed by atoms with Crippen molar-refractivity contribution in [2.45, 2.75) is 12.1 Å². The Morgan fingerprint density at radius 1 is 1.50 bits per heavy atom. The zero-order chi connectivity index (χ0) is 10.3. The minimum atomic E-state index is -0.418. The van der Waals surface area contributed by atoms with Gasteiger partial charge in [-0.05, 0) is 17.7 Å². The number of amides is 1. The van der Waals surface area contributed by atoms with Crippen LogP contribution in [0.5, 0.6) is 0 Å². The second kappa shape index (κ2) is 3.26. The molecule has 2 N–H and O–H groups in total. The lowest BCUT2D eigenvalue weighted by Crippen LogP contribution is -2.61. The largest absolute Gasteiger partial charge is 0.335 e. The molecular weight excluding hydrogens is 200 g/mol. The van der Waals surface area contributed by atoms with E-state index in [0.717, 1.165) is 5.56 Å². The molecule has 1 aliphatic heterocycles. The molecule has 1 amide bonds.